The van der Waals surface area contributed by atoms with Gasteiger partial charge in [0.15, 0.2) is 46.3 Å². The van der Waals surface area contributed by atoms with E-state index in [2.05, 4.69) is 161 Å². The highest BCUT2D eigenvalue weighted by atomic mass is 32.2. The van der Waals surface area contributed by atoms with Crippen LogP contribution in [0.2, 0.25) is 0 Å². The number of thioether (sulfide) groups is 1. The molecule has 3 aromatic carbocycles. The number of benzene rings is 3. The molecule has 4 aromatic rings. The molecular formula is C99H177N9O11S. The average molecular weight is 1700 g/mol. The molecule has 0 bridgehead atoms. The normalized spacial score (nSPS) is 15.0. The summed E-state index contributed by atoms with van der Waals surface area (Å²) in [6.07, 6.45) is 8.83. The number of aliphatic hydroxyl groups excluding tert-OH is 2. The SMILES string of the molecule is CC(C)C(=O)C1CCCN1C(C)C.CC(C)NC(C(=O)C(C)C)C(C)C.CC(C)NC(C(=O)C(C)C)C(C)O.CC(C)NC(CO)C(=O)C(C)C.CC(C)NC(Cc1c[nH]c2ccccc12)C(=O)C(C)C.CC(C)NC(Cc1ccc(O)cc1)C(=O)C(C)C.CC(C)NC(Cc1ccccc1)C(=O)C(C)C.CSCCC(NC(C)C)C(=O)C(C)C. The topological polar surface area (TPSA) is 300 Å². The first-order valence-corrected chi connectivity index (χ1v) is 46.5. The molecule has 120 heavy (non-hydrogen) atoms. The van der Waals surface area contributed by atoms with Gasteiger partial charge in [-0.05, 0) is 119 Å². The van der Waals surface area contributed by atoms with Gasteiger partial charge in [-0.2, -0.15) is 11.8 Å². The largest absolute Gasteiger partial charge is 0.508 e. The molecule has 1 fully saturated rings. The first-order valence-electron chi connectivity index (χ1n) is 45.1. The standard InChI is InChI=1S/C17H24N2O.C15H23NO2.C15H23NO.C11H23NOS.C11H21NO.C11H23NO.C10H21NO2.C9H19NO2/c1-11(2)17(20)16(19-12(3)4)9-13-10-18-15-8-6-5-7-14(13)15;1-10(2)15(18)14(16-11(3)4)9-12-5-7-13(17)8-6-12;1-11(2)15(17)14(16-12(3)4)10-13-8-6-5-7-9-13;1-8(2)11(13)10(6-7-14-5)12-9(3)4;1-8(2)11(13)10-6-5-7-12(10)9(3)4;1-7(2)10(12-9(5)6)11(13)8(3)4;1-6(2)10(13)9(8(5)12)11-7(3)4;1-6(2)9(12)8(5-11)10-7(3)4/h5-8,10-12,16,18-19H,9H2,1-4H3;5-8,10-11,14,16-17H,9H2,1-4H3;5-9,11-12,14,16H,10H2,1-4H3;8-10,12H,6-7H2,1-5H3;8-10H,5-7H2,1-4H3;7-10,12H,1-6H3;6-9,11-12H,1-5H3;6-8,10-11H,5H2,1-4H3. The van der Waals surface area contributed by atoms with Gasteiger partial charge in [0.25, 0.3) is 0 Å². The van der Waals surface area contributed by atoms with E-state index in [0.717, 1.165) is 49.1 Å². The van der Waals surface area contributed by atoms with Crippen molar-refractivity contribution in [1.29, 1.82) is 0 Å². The number of fused-ring (bicyclic) bond motifs is 1. The van der Waals surface area contributed by atoms with Crippen LogP contribution in [0, 0.1) is 53.3 Å². The number of hydrogen-bond acceptors (Lipinski definition) is 20. The summed E-state index contributed by atoms with van der Waals surface area (Å²) in [5.41, 5.74) is 4.59. The minimum atomic E-state index is -0.628. The number of nitrogens with one attached hydrogen (secondary N) is 8. The quantitative estimate of drug-likeness (QED) is 0.0196. The predicted molar refractivity (Wildman–Crippen MR) is 509 cm³/mol. The lowest BCUT2D eigenvalue weighted by atomic mass is 9.92. The third-order valence-corrected chi connectivity index (χ3v) is 20.2. The van der Waals surface area contributed by atoms with Gasteiger partial charge < -0.3 is 57.5 Å². The van der Waals surface area contributed by atoms with Crippen LogP contribution >= 0.6 is 11.8 Å². The molecule has 5 rings (SSSR count). The second-order valence-corrected chi connectivity index (χ2v) is 38.5. The molecule has 1 aliphatic heterocycles. The second kappa shape index (κ2) is 64.1. The highest BCUT2D eigenvalue weighted by molar-refractivity contribution is 7.98. The van der Waals surface area contributed by atoms with Crippen molar-refractivity contribution in [2.75, 3.05) is 25.2 Å². The molecule has 0 radical (unpaired) electrons. The van der Waals surface area contributed by atoms with Crippen LogP contribution in [-0.2, 0) is 57.6 Å². The molecule has 9 unspecified atom stereocenters. The fourth-order valence-corrected chi connectivity index (χ4v) is 13.8. The van der Waals surface area contributed by atoms with Gasteiger partial charge >= 0.3 is 0 Å². The summed E-state index contributed by atoms with van der Waals surface area (Å²) in [6, 6.07) is 27.1. The maximum Gasteiger partial charge on any atom is 0.154 e. The molecule has 1 saturated heterocycles. The Morgan fingerprint density at radius 2 is 0.750 bits per heavy atom. The summed E-state index contributed by atoms with van der Waals surface area (Å²) in [5, 5.41) is 51.6. The van der Waals surface area contributed by atoms with E-state index in [1.807, 2.05) is 201 Å². The fourth-order valence-electron chi connectivity index (χ4n) is 13.4. The van der Waals surface area contributed by atoms with E-state index in [-0.39, 0.29) is 137 Å². The molecule has 0 saturated carbocycles. The zero-order chi connectivity index (χ0) is 93.3. The van der Waals surface area contributed by atoms with Crippen molar-refractivity contribution >= 4 is 68.9 Å². The Morgan fingerprint density at radius 1 is 0.408 bits per heavy atom. The Hall–Kier alpha value is -5.69. The number of Topliss-reactive ketones (excluding diaryl/α,β-unsaturated/α-hetero) is 8. The summed E-state index contributed by atoms with van der Waals surface area (Å²) in [4.78, 5) is 101. The molecule has 20 nitrogen and oxygen atoms in total. The lowest BCUT2D eigenvalue weighted by molar-refractivity contribution is -0.127. The molecule has 690 valence electrons. The smallest absolute Gasteiger partial charge is 0.154 e. The van der Waals surface area contributed by atoms with E-state index >= 15 is 0 Å². The van der Waals surface area contributed by atoms with E-state index in [9.17, 15) is 48.6 Å². The number of para-hydroxylation sites is 1. The number of aromatic amines is 1. The van der Waals surface area contributed by atoms with Gasteiger partial charge in [-0.25, -0.2) is 0 Å². The number of phenolic OH excluding ortho intramolecular Hbond substituents is 1. The summed E-state index contributed by atoms with van der Waals surface area (Å²) in [7, 11) is 0. The zero-order valence-corrected chi connectivity index (χ0v) is 82.7. The monoisotopic (exact) mass is 1700 g/mol. The van der Waals surface area contributed by atoms with Gasteiger partial charge in [-0.15, -0.1) is 0 Å². The summed E-state index contributed by atoms with van der Waals surface area (Å²) in [5.74, 6) is 4.25. The van der Waals surface area contributed by atoms with Crippen LogP contribution in [0.15, 0.2) is 85.1 Å². The van der Waals surface area contributed by atoms with E-state index in [4.69, 9.17) is 5.11 Å². The van der Waals surface area contributed by atoms with Crippen LogP contribution in [0.1, 0.15) is 278 Å². The Kier molecular flexibility index (Phi) is 63.3. The van der Waals surface area contributed by atoms with Crippen LogP contribution in [-0.4, -0.2) is 199 Å². The van der Waals surface area contributed by atoms with Crippen LogP contribution in [0.25, 0.3) is 10.9 Å². The van der Waals surface area contributed by atoms with Crippen LogP contribution in [0.3, 0.4) is 0 Å². The molecule has 0 spiro atoms. The van der Waals surface area contributed by atoms with Crippen molar-refractivity contribution in [2.45, 2.75) is 384 Å². The maximum absolute atomic E-state index is 12.4. The summed E-state index contributed by atoms with van der Waals surface area (Å²) in [6.45, 7) is 70.6. The molecule has 9 atom stereocenters. The van der Waals surface area contributed by atoms with Gasteiger partial charge in [0.1, 0.15) is 5.75 Å². The Morgan fingerprint density at radius 3 is 1.11 bits per heavy atom. The number of H-pyrrole nitrogens is 1. The molecule has 0 aliphatic carbocycles. The van der Waals surface area contributed by atoms with Crippen molar-refractivity contribution in [3.63, 3.8) is 0 Å². The number of nitrogens with zero attached hydrogens (tertiary/aromatic N) is 1. The lowest BCUT2D eigenvalue weighted by Gasteiger charge is -2.28. The third-order valence-electron chi connectivity index (χ3n) is 19.6. The molecule has 11 N–H and O–H groups in total. The molecular weight excluding hydrogens is 1520 g/mol. The number of hydrogen-bond donors (Lipinski definition) is 11. The Balaban J connectivity index is -0.00000131. The zero-order valence-electron chi connectivity index (χ0n) is 81.9. The van der Waals surface area contributed by atoms with Crippen molar-refractivity contribution in [2.24, 2.45) is 53.3 Å². The molecule has 1 aromatic heterocycles. The number of phenols is 1. The van der Waals surface area contributed by atoms with Gasteiger partial charge in [0, 0.05) is 113 Å². The van der Waals surface area contributed by atoms with Crippen molar-refractivity contribution in [1.82, 2.24) is 47.1 Å². The summed E-state index contributed by atoms with van der Waals surface area (Å²) < 4.78 is 0. The van der Waals surface area contributed by atoms with Crippen molar-refractivity contribution in [3.8, 4) is 5.75 Å². The Labute approximate surface area is 735 Å². The number of rotatable bonds is 43. The van der Waals surface area contributed by atoms with E-state index < -0.39 is 18.2 Å². The van der Waals surface area contributed by atoms with Crippen molar-refractivity contribution < 1.29 is 53.7 Å². The number of ketones is 8. The number of carbonyl (C=O) groups is 8. The third kappa shape index (κ3) is 51.5. The number of aromatic hydroxyl groups is 1. The van der Waals surface area contributed by atoms with Crippen LogP contribution in [0.4, 0.5) is 0 Å². The number of carbonyl (C=O) groups excluding carboxylic acids is 8. The van der Waals surface area contributed by atoms with Gasteiger partial charge in [-0.3, -0.25) is 43.3 Å². The number of aliphatic hydroxyl groups is 2. The van der Waals surface area contributed by atoms with E-state index in [1.165, 1.54) is 22.9 Å². The van der Waals surface area contributed by atoms with E-state index in [0.29, 0.717) is 65.7 Å². The lowest BCUT2D eigenvalue weighted by Crippen LogP contribution is -2.49. The molecule has 21 heteroatoms. The number of aromatic nitrogens is 1. The van der Waals surface area contributed by atoms with Gasteiger partial charge in [0.05, 0.1) is 61.0 Å². The first-order chi connectivity index (χ1) is 55.6. The molecule has 0 amide bonds. The minimum Gasteiger partial charge on any atom is -0.508 e. The second-order valence-electron chi connectivity index (χ2n) is 37.5. The minimum absolute atomic E-state index is 0.0139. The maximum atomic E-state index is 12.4. The van der Waals surface area contributed by atoms with Crippen molar-refractivity contribution in [3.05, 3.63) is 102 Å². The summed E-state index contributed by atoms with van der Waals surface area (Å²) >= 11 is 1.79. The molecule has 1 aliphatic rings. The predicted octanol–water partition coefficient (Wildman–Crippen LogP) is 16.8. The van der Waals surface area contributed by atoms with Gasteiger partial charge in [0.2, 0.25) is 0 Å². The highest BCUT2D eigenvalue weighted by Crippen LogP contribution is 2.24. The first kappa shape index (κ1) is 118. The van der Waals surface area contributed by atoms with Crippen LogP contribution in [0.5, 0.6) is 5.75 Å². The fraction of sp³-hybridized carbons (Fsp3) is 0.717. The van der Waals surface area contributed by atoms with Crippen LogP contribution < -0.4 is 37.2 Å². The van der Waals surface area contributed by atoms with Gasteiger partial charge in [-0.1, -0.05) is 282 Å². The number of likely N-dealkylation sites (tertiary alicyclic amines) is 1. The molecule has 2 heterocycles. The average Bonchev–Trinajstić information content (AvgIpc) is 1.74. The highest BCUT2D eigenvalue weighted by Gasteiger charge is 2.34. The Bertz CT molecular complexity index is 3350. The van der Waals surface area contributed by atoms with E-state index in [1.54, 1.807) is 30.8 Å².